The van der Waals surface area contributed by atoms with Gasteiger partial charge in [-0.3, -0.25) is 9.59 Å². The highest BCUT2D eigenvalue weighted by Crippen LogP contribution is 2.09. The van der Waals surface area contributed by atoms with E-state index in [2.05, 4.69) is 21.1 Å². The maximum atomic E-state index is 11.7. The minimum Gasteiger partial charge on any atom is -0.267 e. The molecule has 122 valence electrons. The monoisotopic (exact) mass is 362 g/mol. The van der Waals surface area contributed by atoms with Gasteiger partial charge < -0.3 is 0 Å². The van der Waals surface area contributed by atoms with Crippen molar-refractivity contribution in [3.63, 3.8) is 0 Å². The van der Waals surface area contributed by atoms with E-state index in [0.29, 0.717) is 21.2 Å². The van der Waals surface area contributed by atoms with Gasteiger partial charge >= 0.3 is 0 Å². The van der Waals surface area contributed by atoms with Gasteiger partial charge in [0.05, 0.1) is 12.4 Å². The molecule has 24 heavy (non-hydrogen) atoms. The SMILES string of the molecule is O=C(N/N=C/C=N/NC(=O)c1ccc(Cl)cc1)c1ccc(Cl)cc1. The molecule has 2 amide bonds. The number of hydrogen-bond donors (Lipinski definition) is 2. The summed E-state index contributed by atoms with van der Waals surface area (Å²) in [7, 11) is 0. The van der Waals surface area contributed by atoms with Gasteiger partial charge in [0.15, 0.2) is 0 Å². The molecule has 0 heterocycles. The molecule has 0 aliphatic carbocycles. The third-order valence-electron chi connectivity index (χ3n) is 2.76. The van der Waals surface area contributed by atoms with Crippen LogP contribution in [0, 0.1) is 0 Å². The van der Waals surface area contributed by atoms with Gasteiger partial charge in [-0.05, 0) is 48.5 Å². The number of nitrogens with zero attached hydrogens (tertiary/aromatic N) is 2. The smallest absolute Gasteiger partial charge is 0.267 e. The average molecular weight is 363 g/mol. The van der Waals surface area contributed by atoms with Crippen molar-refractivity contribution in [3.8, 4) is 0 Å². The van der Waals surface area contributed by atoms with E-state index in [1.807, 2.05) is 0 Å². The Kier molecular flexibility index (Phi) is 6.48. The Morgan fingerprint density at radius 3 is 1.38 bits per heavy atom. The summed E-state index contributed by atoms with van der Waals surface area (Å²) < 4.78 is 0. The molecule has 0 bridgehead atoms. The van der Waals surface area contributed by atoms with Gasteiger partial charge in [0.2, 0.25) is 0 Å². The lowest BCUT2D eigenvalue weighted by Crippen LogP contribution is -2.18. The van der Waals surface area contributed by atoms with Crippen LogP contribution in [-0.4, -0.2) is 24.2 Å². The Labute approximate surface area is 148 Å². The molecule has 0 fully saturated rings. The van der Waals surface area contributed by atoms with Crippen LogP contribution in [0.1, 0.15) is 20.7 Å². The lowest BCUT2D eigenvalue weighted by Gasteiger charge is -1.99. The van der Waals surface area contributed by atoms with E-state index in [4.69, 9.17) is 23.2 Å². The first-order valence-electron chi connectivity index (χ1n) is 6.73. The van der Waals surface area contributed by atoms with Crippen LogP contribution < -0.4 is 10.9 Å². The van der Waals surface area contributed by atoms with Crippen LogP contribution in [-0.2, 0) is 0 Å². The molecule has 8 heteroatoms. The van der Waals surface area contributed by atoms with E-state index in [0.717, 1.165) is 0 Å². The number of carbonyl (C=O) groups excluding carboxylic acids is 2. The van der Waals surface area contributed by atoms with Crippen molar-refractivity contribution in [2.75, 3.05) is 0 Å². The Hall–Kier alpha value is -2.70. The van der Waals surface area contributed by atoms with Gasteiger partial charge in [0.25, 0.3) is 11.8 Å². The molecule has 0 aliphatic heterocycles. The Bertz CT molecular complexity index is 704. The first-order chi connectivity index (χ1) is 11.6. The Morgan fingerprint density at radius 1 is 0.708 bits per heavy atom. The third kappa shape index (κ3) is 5.49. The molecular weight excluding hydrogens is 351 g/mol. The average Bonchev–Trinajstić information content (AvgIpc) is 2.58. The van der Waals surface area contributed by atoms with Gasteiger partial charge in [-0.15, -0.1) is 0 Å². The summed E-state index contributed by atoms with van der Waals surface area (Å²) in [5.41, 5.74) is 5.47. The molecule has 2 rings (SSSR count). The van der Waals surface area contributed by atoms with Crippen molar-refractivity contribution >= 4 is 47.4 Å². The largest absolute Gasteiger partial charge is 0.271 e. The van der Waals surface area contributed by atoms with Crippen LogP contribution in [0.25, 0.3) is 0 Å². The molecule has 0 atom stereocenters. The van der Waals surface area contributed by atoms with E-state index in [9.17, 15) is 9.59 Å². The molecule has 6 nitrogen and oxygen atoms in total. The second kappa shape index (κ2) is 8.81. The van der Waals surface area contributed by atoms with Crippen LogP contribution in [0.2, 0.25) is 10.0 Å². The van der Waals surface area contributed by atoms with E-state index in [1.54, 1.807) is 48.5 Å². The zero-order valence-corrected chi connectivity index (χ0v) is 13.8. The maximum Gasteiger partial charge on any atom is 0.271 e. The van der Waals surface area contributed by atoms with Gasteiger partial charge in [0, 0.05) is 21.2 Å². The highest BCUT2D eigenvalue weighted by Gasteiger charge is 2.03. The van der Waals surface area contributed by atoms with Crippen molar-refractivity contribution < 1.29 is 9.59 Å². The van der Waals surface area contributed by atoms with E-state index in [-0.39, 0.29) is 11.8 Å². The minimum atomic E-state index is -0.387. The highest BCUT2D eigenvalue weighted by molar-refractivity contribution is 6.31. The van der Waals surface area contributed by atoms with E-state index in [1.165, 1.54) is 12.4 Å². The summed E-state index contributed by atoms with van der Waals surface area (Å²) in [5.74, 6) is -0.775. The summed E-state index contributed by atoms with van der Waals surface area (Å²) in [5, 5.41) is 8.43. The normalized spacial score (nSPS) is 10.9. The standard InChI is InChI=1S/C16H12Cl2N4O2/c17-13-5-1-11(2-6-13)15(23)21-19-9-10-20-22-16(24)12-3-7-14(18)8-4-12/h1-10H,(H,21,23)(H,22,24)/b19-9+,20-10+. The molecule has 0 saturated heterocycles. The minimum absolute atomic E-state index is 0.387. The zero-order chi connectivity index (χ0) is 17.4. The Balaban J connectivity index is 1.78. The van der Waals surface area contributed by atoms with Crippen molar-refractivity contribution in [3.05, 3.63) is 69.7 Å². The zero-order valence-electron chi connectivity index (χ0n) is 12.2. The molecular formula is C16H12Cl2N4O2. The maximum absolute atomic E-state index is 11.7. The molecule has 2 aromatic rings. The number of rotatable bonds is 5. The number of carbonyl (C=O) groups is 2. The van der Waals surface area contributed by atoms with E-state index < -0.39 is 0 Å². The lowest BCUT2D eigenvalue weighted by atomic mass is 10.2. The fourth-order valence-corrected chi connectivity index (χ4v) is 1.84. The predicted molar refractivity (Wildman–Crippen MR) is 94.8 cm³/mol. The number of nitrogens with one attached hydrogen (secondary N) is 2. The van der Waals surface area contributed by atoms with Crippen LogP contribution in [0.5, 0.6) is 0 Å². The predicted octanol–water partition coefficient (Wildman–Crippen LogP) is 3.12. The summed E-state index contributed by atoms with van der Waals surface area (Å²) >= 11 is 11.5. The highest BCUT2D eigenvalue weighted by atomic mass is 35.5. The second-order valence-electron chi connectivity index (χ2n) is 4.45. The molecule has 0 saturated carbocycles. The van der Waals surface area contributed by atoms with Crippen LogP contribution >= 0.6 is 23.2 Å². The Morgan fingerprint density at radius 2 is 1.04 bits per heavy atom. The molecule has 2 N–H and O–H groups in total. The molecule has 0 aliphatic rings. The van der Waals surface area contributed by atoms with Crippen LogP contribution in [0.4, 0.5) is 0 Å². The van der Waals surface area contributed by atoms with Gasteiger partial charge in [-0.25, -0.2) is 10.9 Å². The molecule has 0 unspecified atom stereocenters. The summed E-state index contributed by atoms with van der Waals surface area (Å²) in [6, 6.07) is 12.7. The van der Waals surface area contributed by atoms with Gasteiger partial charge in [-0.2, -0.15) is 10.2 Å². The second-order valence-corrected chi connectivity index (χ2v) is 5.32. The van der Waals surface area contributed by atoms with Gasteiger partial charge in [0.1, 0.15) is 0 Å². The van der Waals surface area contributed by atoms with Crippen LogP contribution in [0.3, 0.4) is 0 Å². The molecule has 0 aromatic heterocycles. The third-order valence-corrected chi connectivity index (χ3v) is 3.26. The fraction of sp³-hybridized carbons (Fsp3) is 0. The van der Waals surface area contributed by atoms with Crippen molar-refractivity contribution in [1.82, 2.24) is 10.9 Å². The summed E-state index contributed by atoms with van der Waals surface area (Å²) in [4.78, 5) is 23.4. The van der Waals surface area contributed by atoms with Crippen LogP contribution in [0.15, 0.2) is 58.7 Å². The van der Waals surface area contributed by atoms with Crippen molar-refractivity contribution in [2.45, 2.75) is 0 Å². The number of benzene rings is 2. The van der Waals surface area contributed by atoms with Gasteiger partial charge in [-0.1, -0.05) is 23.2 Å². The first kappa shape index (κ1) is 17.7. The lowest BCUT2D eigenvalue weighted by molar-refractivity contribution is 0.0946. The summed E-state index contributed by atoms with van der Waals surface area (Å²) in [6.07, 6.45) is 2.46. The number of halogens is 2. The molecule has 0 spiro atoms. The summed E-state index contributed by atoms with van der Waals surface area (Å²) in [6.45, 7) is 0. The number of amides is 2. The number of hydrazone groups is 2. The van der Waals surface area contributed by atoms with E-state index >= 15 is 0 Å². The molecule has 2 aromatic carbocycles. The number of hydrogen-bond acceptors (Lipinski definition) is 4. The quantitative estimate of drug-likeness (QED) is 0.632. The fourth-order valence-electron chi connectivity index (χ4n) is 1.59. The van der Waals surface area contributed by atoms with Crippen molar-refractivity contribution in [2.24, 2.45) is 10.2 Å². The molecule has 0 radical (unpaired) electrons. The van der Waals surface area contributed by atoms with Crippen molar-refractivity contribution in [1.29, 1.82) is 0 Å². The first-order valence-corrected chi connectivity index (χ1v) is 7.48. The topological polar surface area (TPSA) is 82.9 Å².